The van der Waals surface area contributed by atoms with E-state index in [4.69, 9.17) is 0 Å². The van der Waals surface area contributed by atoms with Crippen LogP contribution in [0.5, 0.6) is 0 Å². The van der Waals surface area contributed by atoms with E-state index in [1.54, 1.807) is 6.08 Å². The minimum absolute atomic E-state index is 0.0330. The fourth-order valence-corrected chi connectivity index (χ4v) is 2.82. The molecule has 21 heavy (non-hydrogen) atoms. The highest BCUT2D eigenvalue weighted by Crippen LogP contribution is 2.29. The predicted octanol–water partition coefficient (Wildman–Crippen LogP) is 3.83. The lowest BCUT2D eigenvalue weighted by molar-refractivity contribution is 0.104. The highest BCUT2D eigenvalue weighted by atomic mass is 16.1. The lowest BCUT2D eigenvalue weighted by Gasteiger charge is -2.35. The second kappa shape index (κ2) is 5.21. The second-order valence-corrected chi connectivity index (χ2v) is 6.13. The Labute approximate surface area is 125 Å². The molecule has 1 N–H and O–H groups in total. The normalized spacial score (nSPS) is 17.9. The zero-order valence-electron chi connectivity index (χ0n) is 12.4. The summed E-state index contributed by atoms with van der Waals surface area (Å²) in [6, 6.07) is 17.7. The molecule has 2 aromatic carbocycles. The number of allylic oxidation sites excluding steroid dienone is 1. The first-order chi connectivity index (χ1) is 10.1. The van der Waals surface area contributed by atoms with Gasteiger partial charge in [-0.05, 0) is 25.8 Å². The minimum atomic E-state index is -0.0445. The molecule has 1 heterocycles. The van der Waals surface area contributed by atoms with Gasteiger partial charge in [0.05, 0.1) is 0 Å². The third-order valence-corrected chi connectivity index (χ3v) is 3.75. The summed E-state index contributed by atoms with van der Waals surface area (Å²) in [5.74, 6) is 0.0330. The monoisotopic (exact) mass is 277 g/mol. The van der Waals surface area contributed by atoms with E-state index in [1.807, 2.05) is 36.4 Å². The van der Waals surface area contributed by atoms with Crippen molar-refractivity contribution in [3.8, 4) is 0 Å². The molecular weight excluding hydrogens is 258 g/mol. The van der Waals surface area contributed by atoms with Gasteiger partial charge in [-0.25, -0.2) is 0 Å². The van der Waals surface area contributed by atoms with Crippen molar-refractivity contribution in [1.29, 1.82) is 0 Å². The van der Waals surface area contributed by atoms with Crippen LogP contribution >= 0.6 is 0 Å². The Hall–Kier alpha value is -2.35. The van der Waals surface area contributed by atoms with Gasteiger partial charge in [0, 0.05) is 28.4 Å². The molecule has 3 rings (SSSR count). The standard InChI is InChI=1S/C19H19NO/c1-19(2)13-15-10-6-7-11-16(15)17(20-19)12-18(21)14-8-4-3-5-9-14/h3-12,20H,13H2,1-2H3/b17-12+. The van der Waals surface area contributed by atoms with Gasteiger partial charge in [-0.15, -0.1) is 0 Å². The van der Waals surface area contributed by atoms with Crippen molar-refractivity contribution in [2.75, 3.05) is 0 Å². The van der Waals surface area contributed by atoms with Gasteiger partial charge in [-0.3, -0.25) is 4.79 Å². The van der Waals surface area contributed by atoms with Crippen LogP contribution in [0.4, 0.5) is 0 Å². The lowest BCUT2D eigenvalue weighted by atomic mass is 9.85. The summed E-state index contributed by atoms with van der Waals surface area (Å²) in [5.41, 5.74) is 4.00. The molecular formula is C19H19NO. The Morgan fingerprint density at radius 1 is 1.05 bits per heavy atom. The van der Waals surface area contributed by atoms with E-state index >= 15 is 0 Å². The van der Waals surface area contributed by atoms with Gasteiger partial charge in [-0.1, -0.05) is 54.6 Å². The minimum Gasteiger partial charge on any atom is -0.379 e. The van der Waals surface area contributed by atoms with Crippen LogP contribution < -0.4 is 5.32 Å². The van der Waals surface area contributed by atoms with E-state index in [0.29, 0.717) is 5.56 Å². The SMILES string of the molecule is CC1(C)Cc2ccccc2/C(=C\C(=O)c2ccccc2)N1. The van der Waals surface area contributed by atoms with Crippen LogP contribution in [0, 0.1) is 0 Å². The maximum atomic E-state index is 12.4. The van der Waals surface area contributed by atoms with Crippen LogP contribution in [-0.2, 0) is 6.42 Å². The van der Waals surface area contributed by atoms with Gasteiger partial charge >= 0.3 is 0 Å². The molecule has 106 valence electrons. The molecule has 2 aromatic rings. The summed E-state index contributed by atoms with van der Waals surface area (Å²) < 4.78 is 0. The Bertz CT molecular complexity index is 699. The molecule has 0 spiro atoms. The lowest BCUT2D eigenvalue weighted by Crippen LogP contribution is -2.43. The molecule has 0 radical (unpaired) electrons. The van der Waals surface area contributed by atoms with E-state index in [1.165, 1.54) is 5.56 Å². The number of carbonyl (C=O) groups excluding carboxylic acids is 1. The summed E-state index contributed by atoms with van der Waals surface area (Å²) in [5, 5.41) is 3.49. The van der Waals surface area contributed by atoms with Crippen LogP contribution in [0.2, 0.25) is 0 Å². The van der Waals surface area contributed by atoms with Gasteiger partial charge in [0.2, 0.25) is 0 Å². The zero-order valence-corrected chi connectivity index (χ0v) is 12.4. The molecule has 1 aliphatic rings. The maximum Gasteiger partial charge on any atom is 0.187 e. The Morgan fingerprint density at radius 3 is 2.48 bits per heavy atom. The van der Waals surface area contributed by atoms with Crippen LogP contribution in [0.1, 0.15) is 35.3 Å². The smallest absolute Gasteiger partial charge is 0.187 e. The zero-order chi connectivity index (χ0) is 14.9. The summed E-state index contributed by atoms with van der Waals surface area (Å²) in [4.78, 5) is 12.4. The van der Waals surface area contributed by atoms with Crippen LogP contribution in [0.3, 0.4) is 0 Å². The van der Waals surface area contributed by atoms with Crippen LogP contribution in [-0.4, -0.2) is 11.3 Å². The Balaban J connectivity index is 2.01. The molecule has 0 amide bonds. The number of benzene rings is 2. The number of carbonyl (C=O) groups is 1. The summed E-state index contributed by atoms with van der Waals surface area (Å²) in [7, 11) is 0. The van der Waals surface area contributed by atoms with Crippen molar-refractivity contribution in [3.63, 3.8) is 0 Å². The summed E-state index contributed by atoms with van der Waals surface area (Å²) >= 11 is 0. The van der Waals surface area contributed by atoms with Crippen molar-refractivity contribution < 1.29 is 4.79 Å². The summed E-state index contributed by atoms with van der Waals surface area (Å²) in [6.45, 7) is 4.31. The van der Waals surface area contributed by atoms with Crippen LogP contribution in [0.15, 0.2) is 60.7 Å². The van der Waals surface area contributed by atoms with Gasteiger partial charge in [0.15, 0.2) is 5.78 Å². The molecule has 0 saturated carbocycles. The quantitative estimate of drug-likeness (QED) is 0.667. The van der Waals surface area contributed by atoms with Gasteiger partial charge < -0.3 is 5.32 Å². The van der Waals surface area contributed by atoms with Crippen molar-refractivity contribution in [1.82, 2.24) is 5.32 Å². The van der Waals surface area contributed by atoms with E-state index < -0.39 is 0 Å². The molecule has 2 nitrogen and oxygen atoms in total. The molecule has 2 heteroatoms. The number of hydrogen-bond donors (Lipinski definition) is 1. The maximum absolute atomic E-state index is 12.4. The molecule has 0 unspecified atom stereocenters. The molecule has 1 aliphatic heterocycles. The Kier molecular flexibility index (Phi) is 3.38. The molecule has 0 fully saturated rings. The predicted molar refractivity (Wildman–Crippen MR) is 86.1 cm³/mol. The number of nitrogens with one attached hydrogen (secondary N) is 1. The van der Waals surface area contributed by atoms with Crippen molar-refractivity contribution in [2.24, 2.45) is 0 Å². The van der Waals surface area contributed by atoms with Crippen molar-refractivity contribution >= 4 is 11.5 Å². The van der Waals surface area contributed by atoms with Gasteiger partial charge in [0.25, 0.3) is 0 Å². The summed E-state index contributed by atoms with van der Waals surface area (Å²) in [6.07, 6.45) is 2.68. The number of hydrogen-bond acceptors (Lipinski definition) is 2. The van der Waals surface area contributed by atoms with Gasteiger partial charge in [-0.2, -0.15) is 0 Å². The molecule has 0 saturated heterocycles. The third-order valence-electron chi connectivity index (χ3n) is 3.75. The van der Waals surface area contributed by atoms with E-state index in [-0.39, 0.29) is 11.3 Å². The van der Waals surface area contributed by atoms with E-state index in [2.05, 4.69) is 37.4 Å². The fraction of sp³-hybridized carbons (Fsp3) is 0.211. The van der Waals surface area contributed by atoms with Gasteiger partial charge in [0.1, 0.15) is 0 Å². The third kappa shape index (κ3) is 2.89. The molecule has 0 aliphatic carbocycles. The fourth-order valence-electron chi connectivity index (χ4n) is 2.82. The largest absolute Gasteiger partial charge is 0.379 e. The average molecular weight is 277 g/mol. The molecule has 0 bridgehead atoms. The van der Waals surface area contributed by atoms with E-state index in [9.17, 15) is 4.79 Å². The average Bonchev–Trinajstić information content (AvgIpc) is 2.47. The van der Waals surface area contributed by atoms with E-state index in [0.717, 1.165) is 17.7 Å². The first-order valence-electron chi connectivity index (χ1n) is 7.23. The number of ketones is 1. The first kappa shape index (κ1) is 13.6. The van der Waals surface area contributed by atoms with Crippen LogP contribution in [0.25, 0.3) is 5.70 Å². The van der Waals surface area contributed by atoms with Crippen molar-refractivity contribution in [2.45, 2.75) is 25.8 Å². The Morgan fingerprint density at radius 2 is 1.71 bits per heavy atom. The highest BCUT2D eigenvalue weighted by Gasteiger charge is 2.27. The highest BCUT2D eigenvalue weighted by molar-refractivity contribution is 6.08. The number of fused-ring (bicyclic) bond motifs is 1. The topological polar surface area (TPSA) is 29.1 Å². The molecule has 0 aromatic heterocycles. The van der Waals surface area contributed by atoms with Crippen molar-refractivity contribution in [3.05, 3.63) is 77.4 Å². The number of rotatable bonds is 2. The molecule has 0 atom stereocenters. The first-order valence-corrected chi connectivity index (χ1v) is 7.23. The second-order valence-electron chi connectivity index (χ2n) is 6.13.